The second-order valence-electron chi connectivity index (χ2n) is 7.13. The molecule has 2 heterocycles. The number of fused-ring (bicyclic) bond motifs is 1. The first-order chi connectivity index (χ1) is 11.6. The van der Waals surface area contributed by atoms with Crippen LogP contribution in [0.25, 0.3) is 0 Å². The van der Waals surface area contributed by atoms with Crippen molar-refractivity contribution in [3.05, 3.63) is 16.0 Å². The quantitative estimate of drug-likeness (QED) is 0.914. The summed E-state index contributed by atoms with van der Waals surface area (Å²) >= 11 is 1.62. The van der Waals surface area contributed by atoms with E-state index in [0.29, 0.717) is 32.2 Å². The van der Waals surface area contributed by atoms with E-state index in [-0.39, 0.29) is 17.7 Å². The summed E-state index contributed by atoms with van der Waals surface area (Å²) in [4.78, 5) is 28.7. The molecule has 2 atom stereocenters. The largest absolute Gasteiger partial charge is 0.378 e. The van der Waals surface area contributed by atoms with Gasteiger partial charge in [0.25, 0.3) is 5.91 Å². The highest BCUT2D eigenvalue weighted by Gasteiger charge is 2.40. The zero-order chi connectivity index (χ0) is 16.7. The molecule has 5 nitrogen and oxygen atoms in total. The van der Waals surface area contributed by atoms with Gasteiger partial charge in [0.05, 0.1) is 18.8 Å². The van der Waals surface area contributed by atoms with E-state index in [1.807, 2.05) is 4.90 Å². The molecule has 6 heteroatoms. The first-order valence-corrected chi connectivity index (χ1v) is 9.79. The lowest BCUT2D eigenvalue weighted by Crippen LogP contribution is -2.41. The summed E-state index contributed by atoms with van der Waals surface area (Å²) in [5.41, 5.74) is 1.94. The minimum atomic E-state index is 0.0665. The molecule has 130 valence electrons. The Balaban J connectivity index is 1.63. The van der Waals surface area contributed by atoms with Gasteiger partial charge >= 0.3 is 0 Å². The Morgan fingerprint density at radius 1 is 1.21 bits per heavy atom. The van der Waals surface area contributed by atoms with Gasteiger partial charge in [-0.25, -0.2) is 0 Å². The molecule has 1 saturated carbocycles. The molecule has 0 spiro atoms. The Bertz CT molecular complexity index is 663. The summed E-state index contributed by atoms with van der Waals surface area (Å²) in [7, 11) is 0. The Hall–Kier alpha value is -1.40. The fraction of sp³-hybridized carbons (Fsp3) is 0.667. The molecule has 4 rings (SSSR count). The van der Waals surface area contributed by atoms with Crippen molar-refractivity contribution in [2.45, 2.75) is 39.0 Å². The average molecular weight is 348 g/mol. The van der Waals surface area contributed by atoms with Crippen molar-refractivity contribution in [2.75, 3.05) is 31.6 Å². The summed E-state index contributed by atoms with van der Waals surface area (Å²) in [6.45, 7) is 4.56. The molecule has 0 radical (unpaired) electrons. The maximum atomic E-state index is 13.1. The van der Waals surface area contributed by atoms with E-state index >= 15 is 0 Å². The number of hydrogen-bond acceptors (Lipinski definition) is 4. The van der Waals surface area contributed by atoms with E-state index in [4.69, 9.17) is 4.74 Å². The smallest absolute Gasteiger partial charge is 0.257 e. The monoisotopic (exact) mass is 348 g/mol. The normalized spacial score (nSPS) is 26.0. The maximum absolute atomic E-state index is 13.1. The second-order valence-corrected chi connectivity index (χ2v) is 8.23. The summed E-state index contributed by atoms with van der Waals surface area (Å²) in [5.74, 6) is 0.738. The molecular weight excluding hydrogens is 324 g/mol. The fourth-order valence-electron chi connectivity index (χ4n) is 3.70. The first kappa shape index (κ1) is 16.1. The molecule has 1 N–H and O–H groups in total. The van der Waals surface area contributed by atoms with Crippen LogP contribution in [0.1, 0.15) is 47.0 Å². The summed E-state index contributed by atoms with van der Waals surface area (Å²) < 4.78 is 5.37. The number of nitrogens with zero attached hydrogens (tertiary/aromatic N) is 1. The predicted molar refractivity (Wildman–Crippen MR) is 93.6 cm³/mol. The standard InChI is InChI=1S/C18H24N2O3S/c1-11-10-13(11)16(21)19-17-15(12-4-2-3-5-14(12)24-17)18(22)20-6-8-23-9-7-20/h11,13H,2-10H2,1H3,(H,19,21). The zero-order valence-electron chi connectivity index (χ0n) is 14.1. The molecule has 1 aromatic rings. The molecule has 1 aliphatic heterocycles. The van der Waals surface area contributed by atoms with Crippen LogP contribution in [0.5, 0.6) is 0 Å². The van der Waals surface area contributed by atoms with Crippen LogP contribution >= 0.6 is 11.3 Å². The highest BCUT2D eigenvalue weighted by atomic mass is 32.1. The van der Waals surface area contributed by atoms with E-state index in [1.54, 1.807) is 11.3 Å². The number of carbonyl (C=O) groups is 2. The molecular formula is C18H24N2O3S. The Kier molecular flexibility index (Phi) is 4.35. The lowest BCUT2D eigenvalue weighted by Gasteiger charge is -2.27. The number of thiophene rings is 1. The zero-order valence-corrected chi connectivity index (χ0v) is 14.9. The van der Waals surface area contributed by atoms with Crippen LogP contribution in [0.2, 0.25) is 0 Å². The van der Waals surface area contributed by atoms with Gasteiger partial charge in [0, 0.05) is 23.9 Å². The van der Waals surface area contributed by atoms with Gasteiger partial charge in [-0.15, -0.1) is 11.3 Å². The van der Waals surface area contributed by atoms with E-state index in [0.717, 1.165) is 36.2 Å². The molecule has 2 unspecified atom stereocenters. The molecule has 0 bridgehead atoms. The Morgan fingerprint density at radius 3 is 2.62 bits per heavy atom. The molecule has 1 aromatic heterocycles. The minimum absolute atomic E-state index is 0.0665. The highest BCUT2D eigenvalue weighted by molar-refractivity contribution is 7.17. The fourth-order valence-corrected chi connectivity index (χ4v) is 4.98. The van der Waals surface area contributed by atoms with Crippen molar-refractivity contribution >= 4 is 28.2 Å². The highest BCUT2D eigenvalue weighted by Crippen LogP contribution is 2.42. The van der Waals surface area contributed by atoms with Crippen molar-refractivity contribution in [1.82, 2.24) is 4.90 Å². The molecule has 0 aromatic carbocycles. The van der Waals surface area contributed by atoms with Crippen LogP contribution in [0.15, 0.2) is 0 Å². The van der Waals surface area contributed by atoms with Gasteiger partial charge in [0.15, 0.2) is 0 Å². The number of hydrogen-bond donors (Lipinski definition) is 1. The number of carbonyl (C=O) groups excluding carboxylic acids is 2. The van der Waals surface area contributed by atoms with Gasteiger partial charge in [0.1, 0.15) is 5.00 Å². The van der Waals surface area contributed by atoms with Crippen molar-refractivity contribution in [2.24, 2.45) is 11.8 Å². The van der Waals surface area contributed by atoms with E-state index in [1.165, 1.54) is 16.9 Å². The van der Waals surface area contributed by atoms with Crippen LogP contribution < -0.4 is 5.32 Å². The first-order valence-electron chi connectivity index (χ1n) is 8.97. The van der Waals surface area contributed by atoms with Crippen LogP contribution in [-0.4, -0.2) is 43.0 Å². The number of anilines is 1. The lowest BCUT2D eigenvalue weighted by atomic mass is 9.95. The van der Waals surface area contributed by atoms with Gasteiger partial charge in [-0.3, -0.25) is 9.59 Å². The van der Waals surface area contributed by atoms with Gasteiger partial charge in [-0.1, -0.05) is 6.92 Å². The van der Waals surface area contributed by atoms with E-state index < -0.39 is 0 Å². The Morgan fingerprint density at radius 2 is 1.92 bits per heavy atom. The number of morpholine rings is 1. The summed E-state index contributed by atoms with van der Waals surface area (Å²) in [6, 6.07) is 0. The van der Waals surface area contributed by atoms with Crippen molar-refractivity contribution in [1.29, 1.82) is 0 Å². The maximum Gasteiger partial charge on any atom is 0.257 e. The minimum Gasteiger partial charge on any atom is -0.378 e. The lowest BCUT2D eigenvalue weighted by molar-refractivity contribution is -0.117. The predicted octanol–water partition coefficient (Wildman–Crippen LogP) is 2.69. The third-order valence-electron chi connectivity index (χ3n) is 5.37. The van der Waals surface area contributed by atoms with Gasteiger partial charge < -0.3 is 15.0 Å². The van der Waals surface area contributed by atoms with Gasteiger partial charge in [0.2, 0.25) is 5.91 Å². The summed E-state index contributed by atoms with van der Waals surface area (Å²) in [6.07, 6.45) is 5.24. The molecule has 1 saturated heterocycles. The number of rotatable bonds is 3. The molecule has 3 aliphatic rings. The SMILES string of the molecule is CC1CC1C(=O)Nc1sc2c(c1C(=O)N1CCOCC1)CCCC2. The number of aryl methyl sites for hydroxylation is 1. The second kappa shape index (κ2) is 6.48. The van der Waals surface area contributed by atoms with Crippen LogP contribution in [0.3, 0.4) is 0 Å². The molecule has 2 fully saturated rings. The van der Waals surface area contributed by atoms with Gasteiger partial charge in [-0.2, -0.15) is 0 Å². The van der Waals surface area contributed by atoms with Crippen LogP contribution in [-0.2, 0) is 22.4 Å². The third-order valence-corrected chi connectivity index (χ3v) is 6.57. The number of amides is 2. The van der Waals surface area contributed by atoms with Crippen molar-refractivity contribution in [3.63, 3.8) is 0 Å². The molecule has 2 amide bonds. The van der Waals surface area contributed by atoms with Crippen LogP contribution in [0, 0.1) is 11.8 Å². The summed E-state index contributed by atoms with van der Waals surface area (Å²) in [5, 5.41) is 3.86. The molecule has 2 aliphatic carbocycles. The van der Waals surface area contributed by atoms with Crippen molar-refractivity contribution < 1.29 is 14.3 Å². The van der Waals surface area contributed by atoms with Crippen molar-refractivity contribution in [3.8, 4) is 0 Å². The Labute approximate surface area is 146 Å². The third kappa shape index (κ3) is 2.97. The van der Waals surface area contributed by atoms with E-state index in [2.05, 4.69) is 12.2 Å². The van der Waals surface area contributed by atoms with Crippen LogP contribution in [0.4, 0.5) is 5.00 Å². The number of nitrogens with one attached hydrogen (secondary N) is 1. The van der Waals surface area contributed by atoms with Gasteiger partial charge in [-0.05, 0) is 43.6 Å². The van der Waals surface area contributed by atoms with E-state index in [9.17, 15) is 9.59 Å². The topological polar surface area (TPSA) is 58.6 Å². The number of ether oxygens (including phenoxy) is 1. The molecule has 24 heavy (non-hydrogen) atoms. The average Bonchev–Trinajstić information content (AvgIpc) is 3.23.